The SMILES string of the molecule is CCOC(=O)C(CC)(Cc1cccc(Cl)c1Cl)C(=O)O. The normalized spacial score (nSPS) is 13.6. The van der Waals surface area contributed by atoms with Gasteiger partial charge in [0.1, 0.15) is 0 Å². The molecule has 0 heterocycles. The monoisotopic (exact) mass is 318 g/mol. The first-order valence-electron chi connectivity index (χ1n) is 6.22. The molecule has 20 heavy (non-hydrogen) atoms. The van der Waals surface area contributed by atoms with Crippen LogP contribution in [0.2, 0.25) is 10.0 Å². The van der Waals surface area contributed by atoms with Gasteiger partial charge in [-0.15, -0.1) is 0 Å². The Morgan fingerprint density at radius 1 is 1.30 bits per heavy atom. The van der Waals surface area contributed by atoms with E-state index in [0.717, 1.165) is 0 Å². The van der Waals surface area contributed by atoms with Crippen LogP contribution in [0.1, 0.15) is 25.8 Å². The average molecular weight is 319 g/mol. The van der Waals surface area contributed by atoms with Crippen LogP contribution >= 0.6 is 23.2 Å². The molecule has 0 fully saturated rings. The van der Waals surface area contributed by atoms with Gasteiger partial charge in [0.05, 0.1) is 16.7 Å². The van der Waals surface area contributed by atoms with Gasteiger partial charge in [0, 0.05) is 6.42 Å². The van der Waals surface area contributed by atoms with E-state index in [9.17, 15) is 14.7 Å². The van der Waals surface area contributed by atoms with Crippen LogP contribution in [-0.4, -0.2) is 23.7 Å². The van der Waals surface area contributed by atoms with E-state index in [4.69, 9.17) is 27.9 Å². The Morgan fingerprint density at radius 2 is 1.95 bits per heavy atom. The van der Waals surface area contributed by atoms with Crippen molar-refractivity contribution in [3.05, 3.63) is 33.8 Å². The molecule has 6 heteroatoms. The molecule has 0 aliphatic carbocycles. The molecule has 0 aliphatic rings. The van der Waals surface area contributed by atoms with Crippen LogP contribution < -0.4 is 0 Å². The fourth-order valence-corrected chi connectivity index (χ4v) is 2.32. The molecule has 0 radical (unpaired) electrons. The molecule has 0 amide bonds. The van der Waals surface area contributed by atoms with Gasteiger partial charge in [-0.05, 0) is 25.0 Å². The fourth-order valence-electron chi connectivity index (χ4n) is 1.94. The summed E-state index contributed by atoms with van der Waals surface area (Å²) < 4.78 is 4.91. The molecular formula is C14H16Cl2O4. The second-order valence-electron chi connectivity index (χ2n) is 4.35. The van der Waals surface area contributed by atoms with E-state index < -0.39 is 17.4 Å². The molecule has 1 rings (SSSR count). The average Bonchev–Trinajstić information content (AvgIpc) is 2.40. The predicted molar refractivity (Wildman–Crippen MR) is 77.2 cm³/mol. The number of esters is 1. The summed E-state index contributed by atoms with van der Waals surface area (Å²) in [5.74, 6) is -1.99. The number of rotatable bonds is 6. The molecule has 0 bridgehead atoms. The molecule has 1 unspecified atom stereocenters. The van der Waals surface area contributed by atoms with Crippen molar-refractivity contribution in [2.75, 3.05) is 6.61 Å². The molecule has 1 aromatic carbocycles. The van der Waals surface area contributed by atoms with Crippen molar-refractivity contribution < 1.29 is 19.4 Å². The predicted octanol–water partition coefficient (Wildman–Crippen LogP) is 3.58. The third kappa shape index (κ3) is 3.25. The van der Waals surface area contributed by atoms with Gasteiger partial charge in [0.25, 0.3) is 0 Å². The first kappa shape index (κ1) is 16.8. The molecular weight excluding hydrogens is 303 g/mol. The van der Waals surface area contributed by atoms with Crippen molar-refractivity contribution in [2.45, 2.75) is 26.7 Å². The van der Waals surface area contributed by atoms with Crippen molar-refractivity contribution >= 4 is 35.1 Å². The highest BCUT2D eigenvalue weighted by Gasteiger charge is 2.46. The zero-order valence-corrected chi connectivity index (χ0v) is 12.8. The Hall–Kier alpha value is -1.26. The molecule has 4 nitrogen and oxygen atoms in total. The molecule has 0 saturated carbocycles. The third-order valence-electron chi connectivity index (χ3n) is 3.20. The summed E-state index contributed by atoms with van der Waals surface area (Å²) in [5.41, 5.74) is -1.14. The highest BCUT2D eigenvalue weighted by atomic mass is 35.5. The number of carboxylic acid groups (broad SMARTS) is 1. The van der Waals surface area contributed by atoms with Crippen molar-refractivity contribution in [2.24, 2.45) is 5.41 Å². The van der Waals surface area contributed by atoms with E-state index >= 15 is 0 Å². The molecule has 1 atom stereocenters. The van der Waals surface area contributed by atoms with Crippen LogP contribution in [0.5, 0.6) is 0 Å². The Bertz CT molecular complexity index is 516. The molecule has 0 aromatic heterocycles. The maximum atomic E-state index is 12.1. The summed E-state index contributed by atoms with van der Waals surface area (Å²) >= 11 is 12.0. The van der Waals surface area contributed by atoms with E-state index in [2.05, 4.69) is 0 Å². The van der Waals surface area contributed by atoms with Crippen LogP contribution in [0.15, 0.2) is 18.2 Å². The van der Waals surface area contributed by atoms with Gasteiger partial charge in [0.15, 0.2) is 5.41 Å². The minimum Gasteiger partial charge on any atom is -0.480 e. The number of halogens is 2. The van der Waals surface area contributed by atoms with E-state index in [0.29, 0.717) is 10.6 Å². The smallest absolute Gasteiger partial charge is 0.323 e. The fraction of sp³-hybridized carbons (Fsp3) is 0.429. The molecule has 0 spiro atoms. The van der Waals surface area contributed by atoms with Crippen LogP contribution in [0, 0.1) is 5.41 Å². The highest BCUT2D eigenvalue weighted by Crippen LogP contribution is 2.34. The van der Waals surface area contributed by atoms with E-state index in [-0.39, 0.29) is 24.5 Å². The molecule has 110 valence electrons. The summed E-state index contributed by atoms with van der Waals surface area (Å²) in [7, 11) is 0. The van der Waals surface area contributed by atoms with E-state index in [1.165, 1.54) is 0 Å². The van der Waals surface area contributed by atoms with Gasteiger partial charge < -0.3 is 9.84 Å². The summed E-state index contributed by atoms with van der Waals surface area (Å²) in [6.07, 6.45) is 0.0427. The minimum atomic E-state index is -1.65. The number of aliphatic carboxylic acids is 1. The van der Waals surface area contributed by atoms with Gasteiger partial charge in [-0.2, -0.15) is 0 Å². The molecule has 0 aliphatic heterocycles. The van der Waals surface area contributed by atoms with Gasteiger partial charge in [0.2, 0.25) is 0 Å². The van der Waals surface area contributed by atoms with Crippen molar-refractivity contribution in [1.82, 2.24) is 0 Å². The first-order valence-corrected chi connectivity index (χ1v) is 6.98. The molecule has 1 N–H and O–H groups in total. The zero-order valence-electron chi connectivity index (χ0n) is 11.3. The van der Waals surface area contributed by atoms with Crippen molar-refractivity contribution in [3.63, 3.8) is 0 Å². The van der Waals surface area contributed by atoms with Gasteiger partial charge in [-0.1, -0.05) is 42.3 Å². The van der Waals surface area contributed by atoms with E-state index in [1.54, 1.807) is 32.0 Å². The van der Waals surface area contributed by atoms with Gasteiger partial charge >= 0.3 is 11.9 Å². The quantitative estimate of drug-likeness (QED) is 0.643. The number of carbonyl (C=O) groups is 2. The molecule has 1 aromatic rings. The summed E-state index contributed by atoms with van der Waals surface area (Å²) in [4.78, 5) is 23.7. The topological polar surface area (TPSA) is 63.6 Å². The van der Waals surface area contributed by atoms with Gasteiger partial charge in [-0.3, -0.25) is 9.59 Å². The summed E-state index contributed by atoms with van der Waals surface area (Å²) in [5, 5.41) is 10.0. The lowest BCUT2D eigenvalue weighted by atomic mass is 9.79. The van der Waals surface area contributed by atoms with E-state index in [1.807, 2.05) is 0 Å². The number of hydrogen-bond donors (Lipinski definition) is 1. The maximum absolute atomic E-state index is 12.1. The number of carboxylic acids is 1. The van der Waals surface area contributed by atoms with Crippen LogP contribution in [-0.2, 0) is 20.7 Å². The lowest BCUT2D eigenvalue weighted by Gasteiger charge is -2.26. The number of carbonyl (C=O) groups excluding carboxylic acids is 1. The Balaban J connectivity index is 3.22. The number of benzene rings is 1. The standard InChI is InChI=1S/C14H16Cl2O4/c1-3-14(12(17)18,13(19)20-4-2)8-9-6-5-7-10(15)11(9)16/h5-7H,3-4,8H2,1-2H3,(H,17,18). The Labute approximate surface area is 127 Å². The Morgan fingerprint density at radius 3 is 2.45 bits per heavy atom. The molecule has 0 saturated heterocycles. The highest BCUT2D eigenvalue weighted by molar-refractivity contribution is 6.42. The number of hydrogen-bond acceptors (Lipinski definition) is 3. The largest absolute Gasteiger partial charge is 0.480 e. The lowest BCUT2D eigenvalue weighted by molar-refractivity contribution is -0.168. The first-order chi connectivity index (χ1) is 9.39. The lowest BCUT2D eigenvalue weighted by Crippen LogP contribution is -2.42. The van der Waals surface area contributed by atoms with Gasteiger partial charge in [-0.25, -0.2) is 0 Å². The number of ether oxygens (including phenoxy) is 1. The van der Waals surface area contributed by atoms with Crippen LogP contribution in [0.3, 0.4) is 0 Å². The summed E-state index contributed by atoms with van der Waals surface area (Å²) in [6, 6.07) is 4.92. The maximum Gasteiger partial charge on any atom is 0.323 e. The van der Waals surface area contributed by atoms with Crippen LogP contribution in [0.25, 0.3) is 0 Å². The van der Waals surface area contributed by atoms with Crippen LogP contribution in [0.4, 0.5) is 0 Å². The second kappa shape index (κ2) is 6.95. The third-order valence-corrected chi connectivity index (χ3v) is 4.06. The minimum absolute atomic E-state index is 0.0585. The van der Waals surface area contributed by atoms with Crippen molar-refractivity contribution in [1.29, 1.82) is 0 Å². The zero-order chi connectivity index (χ0) is 15.3. The van der Waals surface area contributed by atoms with Crippen molar-refractivity contribution in [3.8, 4) is 0 Å². The Kier molecular flexibility index (Phi) is 5.84. The summed E-state index contributed by atoms with van der Waals surface area (Å²) in [6.45, 7) is 3.38. The second-order valence-corrected chi connectivity index (χ2v) is 5.14.